The van der Waals surface area contributed by atoms with E-state index in [4.69, 9.17) is 4.74 Å². The lowest BCUT2D eigenvalue weighted by Crippen LogP contribution is -2.42. The molecular weight excluding hydrogens is 310 g/mol. The molecule has 0 spiro atoms. The molecule has 0 saturated heterocycles. The van der Waals surface area contributed by atoms with Gasteiger partial charge in [0.15, 0.2) is 6.04 Å². The zero-order valence-electron chi connectivity index (χ0n) is 9.05. The van der Waals surface area contributed by atoms with E-state index in [1.165, 1.54) is 11.3 Å². The van der Waals surface area contributed by atoms with Gasteiger partial charge >= 0.3 is 5.97 Å². The zero-order valence-corrected chi connectivity index (χ0v) is 11.5. The molecule has 7 heteroatoms. The van der Waals surface area contributed by atoms with Gasteiger partial charge in [-0.3, -0.25) is 4.79 Å². The van der Waals surface area contributed by atoms with Crippen molar-refractivity contribution in [1.29, 1.82) is 0 Å². The number of hydrogen-bond donors (Lipinski definition) is 2. The first-order chi connectivity index (χ1) is 8.10. The quantitative estimate of drug-likeness (QED) is 0.610. The van der Waals surface area contributed by atoms with Crippen molar-refractivity contribution in [3.05, 3.63) is 20.8 Å². The van der Waals surface area contributed by atoms with Gasteiger partial charge in [0.25, 0.3) is 0 Å². The van der Waals surface area contributed by atoms with Crippen LogP contribution in [0.25, 0.3) is 0 Å². The molecular formula is C10H12BrNO4S. The average molecular weight is 322 g/mol. The van der Waals surface area contributed by atoms with Gasteiger partial charge in [-0.25, -0.2) is 4.79 Å². The summed E-state index contributed by atoms with van der Waals surface area (Å²) in [7, 11) is 0. The molecule has 0 radical (unpaired) electrons. The van der Waals surface area contributed by atoms with Gasteiger partial charge in [0, 0.05) is 14.7 Å². The second-order valence-electron chi connectivity index (χ2n) is 3.13. The third kappa shape index (κ3) is 3.79. The van der Waals surface area contributed by atoms with E-state index in [1.54, 1.807) is 18.4 Å². The van der Waals surface area contributed by atoms with Crippen LogP contribution >= 0.6 is 27.3 Å². The number of esters is 1. The number of hydrogen-bond acceptors (Lipinski definition) is 5. The first-order valence-electron chi connectivity index (χ1n) is 4.88. The first-order valence-corrected chi connectivity index (χ1v) is 6.55. The fourth-order valence-electron chi connectivity index (χ4n) is 1.24. The van der Waals surface area contributed by atoms with Gasteiger partial charge in [0.2, 0.25) is 6.41 Å². The minimum atomic E-state index is -1.12. The molecule has 17 heavy (non-hydrogen) atoms. The van der Waals surface area contributed by atoms with Crippen LogP contribution in [0.5, 0.6) is 0 Å². The number of carbonyl (C=O) groups excluding carboxylic acids is 2. The van der Waals surface area contributed by atoms with Gasteiger partial charge in [-0.1, -0.05) is 0 Å². The van der Waals surface area contributed by atoms with Gasteiger partial charge in [-0.2, -0.15) is 0 Å². The number of carbonyl (C=O) groups is 2. The molecule has 1 rings (SSSR count). The minimum Gasteiger partial charge on any atom is -0.464 e. The predicted octanol–water partition coefficient (Wildman–Crippen LogP) is 1.22. The molecule has 0 saturated carbocycles. The van der Waals surface area contributed by atoms with Crippen molar-refractivity contribution in [1.82, 2.24) is 5.32 Å². The number of nitrogens with one attached hydrogen (secondary N) is 1. The number of halogens is 1. The lowest BCUT2D eigenvalue weighted by Gasteiger charge is -2.19. The summed E-state index contributed by atoms with van der Waals surface area (Å²) in [6.45, 7) is 1.85. The van der Waals surface area contributed by atoms with E-state index in [0.717, 1.165) is 4.47 Å². The van der Waals surface area contributed by atoms with Crippen LogP contribution in [0.15, 0.2) is 15.9 Å². The van der Waals surface area contributed by atoms with E-state index in [0.29, 0.717) is 11.3 Å². The van der Waals surface area contributed by atoms with Crippen molar-refractivity contribution in [2.45, 2.75) is 19.1 Å². The molecule has 0 aliphatic rings. The van der Waals surface area contributed by atoms with E-state index < -0.39 is 18.1 Å². The highest BCUT2D eigenvalue weighted by Crippen LogP contribution is 2.27. The third-order valence-electron chi connectivity index (χ3n) is 1.98. The maximum Gasteiger partial charge on any atom is 0.331 e. The fraction of sp³-hybridized carbons (Fsp3) is 0.400. The third-order valence-corrected chi connectivity index (χ3v) is 3.75. The molecule has 0 fully saturated rings. The molecule has 1 aromatic heterocycles. The highest BCUT2D eigenvalue weighted by Gasteiger charge is 2.29. The van der Waals surface area contributed by atoms with E-state index in [2.05, 4.69) is 21.2 Å². The molecule has 2 N–H and O–H groups in total. The maximum absolute atomic E-state index is 11.5. The zero-order chi connectivity index (χ0) is 12.8. The Balaban J connectivity index is 2.82. The van der Waals surface area contributed by atoms with E-state index in [1.807, 2.05) is 0 Å². The fourth-order valence-corrected chi connectivity index (χ4v) is 2.71. The van der Waals surface area contributed by atoms with E-state index in [9.17, 15) is 14.7 Å². The Labute approximate surface area is 111 Å². The Morgan fingerprint density at radius 2 is 2.47 bits per heavy atom. The van der Waals surface area contributed by atoms with Crippen LogP contribution in [0.2, 0.25) is 0 Å². The van der Waals surface area contributed by atoms with Crippen LogP contribution in [-0.4, -0.2) is 30.1 Å². The smallest absolute Gasteiger partial charge is 0.331 e. The monoisotopic (exact) mass is 321 g/mol. The maximum atomic E-state index is 11.5. The second kappa shape index (κ2) is 6.73. The summed E-state index contributed by atoms with van der Waals surface area (Å²) in [4.78, 5) is 22.5. The normalized spacial score (nSPS) is 13.8. The molecule has 0 aliphatic carbocycles. The number of rotatable bonds is 6. The predicted molar refractivity (Wildman–Crippen MR) is 66.6 cm³/mol. The highest BCUT2D eigenvalue weighted by molar-refractivity contribution is 9.10. The molecule has 1 aromatic rings. The van der Waals surface area contributed by atoms with Gasteiger partial charge in [-0.15, -0.1) is 11.3 Å². The van der Waals surface area contributed by atoms with Crippen LogP contribution in [-0.2, 0) is 14.3 Å². The average Bonchev–Trinajstić information content (AvgIpc) is 2.72. The molecule has 94 valence electrons. The Kier molecular flexibility index (Phi) is 5.60. The Morgan fingerprint density at radius 1 is 1.76 bits per heavy atom. The summed E-state index contributed by atoms with van der Waals surface area (Å²) in [5, 5.41) is 14.0. The SMILES string of the molecule is CCOC(=O)C(NC=O)C(O)c1cc(Br)cs1. The van der Waals surface area contributed by atoms with Crippen LogP contribution in [0, 0.1) is 0 Å². The van der Waals surface area contributed by atoms with Crippen molar-refractivity contribution in [2.24, 2.45) is 0 Å². The summed E-state index contributed by atoms with van der Waals surface area (Å²) in [6, 6.07) is 0.603. The molecule has 2 unspecified atom stereocenters. The summed E-state index contributed by atoms with van der Waals surface area (Å²) < 4.78 is 5.59. The number of thiophene rings is 1. The van der Waals surface area contributed by atoms with Crippen molar-refractivity contribution in [3.63, 3.8) is 0 Å². The van der Waals surface area contributed by atoms with Crippen LogP contribution in [0.3, 0.4) is 0 Å². The van der Waals surface area contributed by atoms with Crippen molar-refractivity contribution >= 4 is 39.6 Å². The van der Waals surface area contributed by atoms with E-state index in [-0.39, 0.29) is 6.61 Å². The van der Waals surface area contributed by atoms with Crippen LogP contribution < -0.4 is 5.32 Å². The molecule has 1 heterocycles. The van der Waals surface area contributed by atoms with Gasteiger partial charge in [-0.05, 0) is 28.9 Å². The molecule has 1 amide bonds. The summed E-state index contributed by atoms with van der Waals surface area (Å²) in [5.41, 5.74) is 0. The number of amides is 1. The molecule has 2 atom stereocenters. The molecule has 0 aromatic carbocycles. The highest BCUT2D eigenvalue weighted by atomic mass is 79.9. The molecule has 0 bridgehead atoms. The standard InChI is InChI=1S/C10H12BrNO4S/c1-2-16-10(15)8(12-5-13)9(14)7-3-6(11)4-17-7/h3-5,8-9,14H,2H2,1H3,(H,12,13). The topological polar surface area (TPSA) is 75.6 Å². The van der Waals surface area contributed by atoms with Gasteiger partial charge < -0.3 is 15.2 Å². The number of ether oxygens (including phenoxy) is 1. The number of aliphatic hydroxyl groups excluding tert-OH is 1. The Hall–Kier alpha value is -0.920. The first kappa shape index (κ1) is 14.1. The van der Waals surface area contributed by atoms with Gasteiger partial charge in [0.1, 0.15) is 6.10 Å². The minimum absolute atomic E-state index is 0.191. The summed E-state index contributed by atoms with van der Waals surface area (Å²) >= 11 is 4.54. The Morgan fingerprint density at radius 3 is 2.94 bits per heavy atom. The van der Waals surface area contributed by atoms with E-state index >= 15 is 0 Å². The summed E-state index contributed by atoms with van der Waals surface area (Å²) in [5.74, 6) is -0.656. The largest absolute Gasteiger partial charge is 0.464 e. The van der Waals surface area contributed by atoms with Crippen molar-refractivity contribution < 1.29 is 19.4 Å². The lowest BCUT2D eigenvalue weighted by molar-refractivity contribution is -0.149. The Bertz CT molecular complexity index is 395. The van der Waals surface area contributed by atoms with Crippen molar-refractivity contribution in [2.75, 3.05) is 6.61 Å². The van der Waals surface area contributed by atoms with Crippen molar-refractivity contribution in [3.8, 4) is 0 Å². The van der Waals surface area contributed by atoms with Gasteiger partial charge in [0.05, 0.1) is 6.61 Å². The molecule has 5 nitrogen and oxygen atoms in total. The van der Waals surface area contributed by atoms with Crippen LogP contribution in [0.4, 0.5) is 0 Å². The second-order valence-corrected chi connectivity index (χ2v) is 4.98. The van der Waals surface area contributed by atoms with Crippen LogP contribution in [0.1, 0.15) is 17.9 Å². The number of aliphatic hydroxyl groups is 1. The lowest BCUT2D eigenvalue weighted by atomic mass is 10.1. The summed E-state index contributed by atoms with van der Waals surface area (Å²) in [6.07, 6.45) is -0.747. The molecule has 0 aliphatic heterocycles.